The van der Waals surface area contributed by atoms with Crippen molar-refractivity contribution in [2.24, 2.45) is 0 Å². The quantitative estimate of drug-likeness (QED) is 0.591. The average Bonchev–Trinajstić information content (AvgIpc) is 2.54. The number of rotatable bonds is 5. The van der Waals surface area contributed by atoms with Crippen molar-refractivity contribution in [2.75, 3.05) is 5.32 Å². The second-order valence-electron chi connectivity index (χ2n) is 5.45. The normalized spacial score (nSPS) is 11.3. The van der Waals surface area contributed by atoms with E-state index in [1.54, 1.807) is 38.1 Å². The summed E-state index contributed by atoms with van der Waals surface area (Å²) >= 11 is 2.06. The molecule has 0 fully saturated rings. The van der Waals surface area contributed by atoms with Crippen LogP contribution in [-0.4, -0.2) is 5.91 Å². The maximum atomic E-state index is 13.2. The van der Waals surface area contributed by atoms with Crippen molar-refractivity contribution >= 4 is 34.2 Å². The summed E-state index contributed by atoms with van der Waals surface area (Å²) in [6.45, 7) is 3.24. The van der Waals surface area contributed by atoms with Crippen LogP contribution in [0.5, 0.6) is 5.75 Å². The number of hydrogen-bond acceptors (Lipinski definition) is 2. The van der Waals surface area contributed by atoms with Crippen molar-refractivity contribution in [1.29, 1.82) is 0 Å². The van der Waals surface area contributed by atoms with Crippen LogP contribution in [-0.2, 0) is 17.6 Å². The molecule has 0 radical (unpaired) electrons. The number of halogens is 4. The van der Waals surface area contributed by atoms with E-state index in [-0.39, 0.29) is 18.3 Å². The van der Waals surface area contributed by atoms with Gasteiger partial charge < -0.3 is 10.1 Å². The van der Waals surface area contributed by atoms with E-state index in [0.717, 1.165) is 9.64 Å². The van der Waals surface area contributed by atoms with E-state index in [1.165, 1.54) is 6.07 Å². The molecule has 0 bridgehead atoms. The molecule has 0 atom stereocenters. The molecular weight excluding hydrogens is 446 g/mol. The number of benzene rings is 2. The van der Waals surface area contributed by atoms with Gasteiger partial charge in [-0.2, -0.15) is 13.2 Å². The lowest BCUT2D eigenvalue weighted by atomic mass is 10.1. The van der Waals surface area contributed by atoms with Crippen molar-refractivity contribution < 1.29 is 22.7 Å². The lowest BCUT2D eigenvalue weighted by Gasteiger charge is -2.17. The Morgan fingerprint density at radius 1 is 1.24 bits per heavy atom. The monoisotopic (exact) mass is 463 g/mol. The first-order chi connectivity index (χ1) is 11.7. The van der Waals surface area contributed by atoms with Gasteiger partial charge in [-0.3, -0.25) is 4.79 Å². The first-order valence-corrected chi connectivity index (χ1v) is 8.68. The van der Waals surface area contributed by atoms with E-state index in [0.29, 0.717) is 23.2 Å². The lowest BCUT2D eigenvalue weighted by Crippen LogP contribution is -2.14. The molecule has 7 heteroatoms. The number of nitrogens with one attached hydrogen (secondary N) is 1. The molecule has 1 amide bonds. The van der Waals surface area contributed by atoms with Gasteiger partial charge in [-0.05, 0) is 53.8 Å². The first-order valence-electron chi connectivity index (χ1n) is 7.60. The van der Waals surface area contributed by atoms with Gasteiger partial charge in [0, 0.05) is 21.2 Å². The Morgan fingerprint density at radius 2 is 1.96 bits per heavy atom. The summed E-state index contributed by atoms with van der Waals surface area (Å²) in [5.74, 6) is -0.403. The van der Waals surface area contributed by atoms with Gasteiger partial charge in [-0.1, -0.05) is 24.6 Å². The first kappa shape index (κ1) is 19.6. The molecule has 3 nitrogen and oxygen atoms in total. The van der Waals surface area contributed by atoms with Crippen LogP contribution < -0.4 is 10.1 Å². The van der Waals surface area contributed by atoms with Crippen molar-refractivity contribution in [3.05, 3.63) is 56.7 Å². The van der Waals surface area contributed by atoms with Crippen LogP contribution in [0.3, 0.4) is 0 Å². The van der Waals surface area contributed by atoms with Gasteiger partial charge in [0.2, 0.25) is 5.91 Å². The molecule has 0 aliphatic carbocycles. The predicted octanol–water partition coefficient (Wildman–Crippen LogP) is 5.55. The van der Waals surface area contributed by atoms with Crippen LogP contribution in [0.1, 0.15) is 30.0 Å². The summed E-state index contributed by atoms with van der Waals surface area (Å²) in [4.78, 5) is 11.6. The zero-order chi connectivity index (χ0) is 18.6. The molecule has 0 aliphatic rings. The van der Waals surface area contributed by atoms with E-state index in [1.807, 2.05) is 0 Å². The summed E-state index contributed by atoms with van der Waals surface area (Å²) in [6.07, 6.45) is -4.19. The summed E-state index contributed by atoms with van der Waals surface area (Å²) in [6, 6.07) is 9.22. The SMILES string of the molecule is CCC(=O)Nc1cccc(I)c1COc1ccc(C)cc1C(F)(F)F. The molecule has 134 valence electrons. The summed E-state index contributed by atoms with van der Waals surface area (Å²) in [5.41, 5.74) is 0.875. The van der Waals surface area contributed by atoms with E-state index in [2.05, 4.69) is 27.9 Å². The van der Waals surface area contributed by atoms with E-state index in [9.17, 15) is 18.0 Å². The van der Waals surface area contributed by atoms with Crippen LogP contribution in [0.15, 0.2) is 36.4 Å². The Balaban J connectivity index is 2.29. The highest BCUT2D eigenvalue weighted by Crippen LogP contribution is 2.37. The minimum absolute atomic E-state index is 0.0788. The van der Waals surface area contributed by atoms with Gasteiger partial charge >= 0.3 is 6.18 Å². The van der Waals surface area contributed by atoms with Crippen molar-refractivity contribution in [2.45, 2.75) is 33.1 Å². The zero-order valence-electron chi connectivity index (χ0n) is 13.7. The Bertz CT molecular complexity index is 775. The molecule has 2 aromatic carbocycles. The van der Waals surface area contributed by atoms with E-state index in [4.69, 9.17) is 4.74 Å². The molecule has 0 saturated heterocycles. The third-order valence-corrected chi connectivity index (χ3v) is 4.54. The van der Waals surface area contributed by atoms with Crippen LogP contribution in [0.2, 0.25) is 0 Å². The molecule has 2 aromatic rings. The minimum atomic E-state index is -4.50. The largest absolute Gasteiger partial charge is 0.488 e. The maximum Gasteiger partial charge on any atom is 0.419 e. The van der Waals surface area contributed by atoms with Crippen molar-refractivity contribution in [3.63, 3.8) is 0 Å². The fraction of sp³-hybridized carbons (Fsp3) is 0.278. The Hall–Kier alpha value is -1.77. The number of alkyl halides is 3. The Kier molecular flexibility index (Phi) is 6.31. The third-order valence-electron chi connectivity index (χ3n) is 3.53. The molecule has 0 spiro atoms. The van der Waals surface area contributed by atoms with Gasteiger partial charge in [0.25, 0.3) is 0 Å². The van der Waals surface area contributed by atoms with Gasteiger partial charge in [-0.25, -0.2) is 0 Å². The van der Waals surface area contributed by atoms with Gasteiger partial charge in [-0.15, -0.1) is 0 Å². The number of carbonyl (C=O) groups is 1. The van der Waals surface area contributed by atoms with Gasteiger partial charge in [0.15, 0.2) is 0 Å². The lowest BCUT2D eigenvalue weighted by molar-refractivity contribution is -0.139. The third kappa shape index (κ3) is 5.10. The summed E-state index contributed by atoms with van der Waals surface area (Å²) < 4.78 is 45.8. The molecule has 2 rings (SSSR count). The van der Waals surface area contributed by atoms with Crippen molar-refractivity contribution in [3.8, 4) is 5.75 Å². The molecule has 0 heterocycles. The molecule has 25 heavy (non-hydrogen) atoms. The Morgan fingerprint density at radius 3 is 2.60 bits per heavy atom. The summed E-state index contributed by atoms with van der Waals surface area (Å²) in [7, 11) is 0. The number of anilines is 1. The smallest absolute Gasteiger partial charge is 0.419 e. The molecule has 0 saturated carbocycles. The number of ether oxygens (including phenoxy) is 1. The maximum absolute atomic E-state index is 13.2. The summed E-state index contributed by atoms with van der Waals surface area (Å²) in [5, 5.41) is 2.75. The highest BCUT2D eigenvalue weighted by molar-refractivity contribution is 14.1. The van der Waals surface area contributed by atoms with Crippen LogP contribution >= 0.6 is 22.6 Å². The second-order valence-corrected chi connectivity index (χ2v) is 6.62. The van der Waals surface area contributed by atoms with Crippen molar-refractivity contribution in [1.82, 2.24) is 0 Å². The predicted molar refractivity (Wildman–Crippen MR) is 98.6 cm³/mol. The van der Waals surface area contributed by atoms with Crippen LogP contribution in [0.4, 0.5) is 18.9 Å². The van der Waals surface area contributed by atoms with Crippen LogP contribution in [0, 0.1) is 10.5 Å². The van der Waals surface area contributed by atoms with E-state index >= 15 is 0 Å². The minimum Gasteiger partial charge on any atom is -0.488 e. The number of aryl methyl sites for hydroxylation is 1. The molecule has 1 N–H and O–H groups in total. The van der Waals surface area contributed by atoms with Gasteiger partial charge in [0.1, 0.15) is 12.4 Å². The highest BCUT2D eigenvalue weighted by Gasteiger charge is 2.34. The second kappa shape index (κ2) is 8.07. The van der Waals surface area contributed by atoms with Crippen LogP contribution in [0.25, 0.3) is 0 Å². The molecule has 0 unspecified atom stereocenters. The highest BCUT2D eigenvalue weighted by atomic mass is 127. The number of amides is 1. The molecule has 0 aromatic heterocycles. The van der Waals surface area contributed by atoms with Gasteiger partial charge in [0.05, 0.1) is 5.56 Å². The number of carbonyl (C=O) groups excluding carboxylic acids is 1. The zero-order valence-corrected chi connectivity index (χ0v) is 15.9. The average molecular weight is 463 g/mol. The number of hydrogen-bond donors (Lipinski definition) is 1. The fourth-order valence-corrected chi connectivity index (χ4v) is 2.86. The fourth-order valence-electron chi connectivity index (χ4n) is 2.20. The Labute approximate surface area is 157 Å². The molecule has 0 aliphatic heterocycles. The standard InChI is InChI=1S/C18H17F3INO2/c1-3-17(24)23-15-6-4-5-14(22)12(15)10-25-16-8-7-11(2)9-13(16)18(19,20)21/h4-9H,3,10H2,1-2H3,(H,23,24). The van der Waals surface area contributed by atoms with E-state index < -0.39 is 11.7 Å². The topological polar surface area (TPSA) is 38.3 Å². The molecular formula is C18H17F3INO2.